The number of piperidine rings is 1. The number of aromatic nitrogens is 1. The van der Waals surface area contributed by atoms with Gasteiger partial charge >= 0.3 is 12.1 Å². The molecule has 2 aliphatic rings. The van der Waals surface area contributed by atoms with Crippen molar-refractivity contribution in [3.05, 3.63) is 16.6 Å². The average Bonchev–Trinajstić information content (AvgIpc) is 3.20. The number of carboxylic acid groups (broad SMARTS) is 1. The number of nitrogens with zero attached hydrogens (tertiary/aromatic N) is 2. The monoisotopic (exact) mass is 453 g/mol. The van der Waals surface area contributed by atoms with Crippen LogP contribution >= 0.6 is 11.3 Å². The number of alkyl halides is 3. The normalized spacial score (nSPS) is 24.3. The number of halogens is 3. The molecule has 170 valence electrons. The van der Waals surface area contributed by atoms with E-state index in [0.29, 0.717) is 19.8 Å². The van der Waals surface area contributed by atoms with E-state index >= 15 is 0 Å². The number of likely N-dealkylation sites (tertiary alicyclic amines) is 1. The topological polar surface area (TPSA) is 101 Å². The summed E-state index contributed by atoms with van der Waals surface area (Å²) in [5.41, 5.74) is 0. The summed E-state index contributed by atoms with van der Waals surface area (Å²) in [4.78, 5) is 28.2. The highest BCUT2D eigenvalue weighted by Crippen LogP contribution is 2.33. The van der Waals surface area contributed by atoms with Gasteiger partial charge in [0.15, 0.2) is 0 Å². The summed E-state index contributed by atoms with van der Waals surface area (Å²) in [6.45, 7) is 4.62. The van der Waals surface area contributed by atoms with Crippen LogP contribution in [-0.4, -0.2) is 79.1 Å². The molecule has 0 spiro atoms. The van der Waals surface area contributed by atoms with Crippen LogP contribution in [0.2, 0.25) is 0 Å². The molecule has 2 fully saturated rings. The molecule has 0 radical (unpaired) electrons. The van der Waals surface area contributed by atoms with Crippen molar-refractivity contribution in [2.24, 2.45) is 11.8 Å². The Morgan fingerprint density at radius 3 is 2.77 bits per heavy atom. The largest absolute Gasteiger partial charge is 0.490 e. The molecule has 3 heterocycles. The number of nitrogens with one attached hydrogen (secondary N) is 1. The molecule has 2 aliphatic heterocycles. The number of thiazole rings is 1. The summed E-state index contributed by atoms with van der Waals surface area (Å²) < 4.78 is 42.7. The van der Waals surface area contributed by atoms with E-state index in [4.69, 9.17) is 19.4 Å². The first-order valence-electron chi connectivity index (χ1n) is 9.51. The lowest BCUT2D eigenvalue weighted by Crippen LogP contribution is -2.53. The van der Waals surface area contributed by atoms with Gasteiger partial charge in [-0.3, -0.25) is 9.69 Å². The molecule has 2 saturated heterocycles. The molecule has 0 aliphatic carbocycles. The number of carbonyl (C=O) groups excluding carboxylic acids is 1. The van der Waals surface area contributed by atoms with Gasteiger partial charge in [0.1, 0.15) is 5.01 Å². The number of methoxy groups -OCH3 is 1. The summed E-state index contributed by atoms with van der Waals surface area (Å²) in [6.07, 6.45) is -1.21. The maximum absolute atomic E-state index is 12.5. The Labute approximate surface area is 176 Å². The number of fused-ring (bicyclic) bond motifs is 1. The first-order valence-corrected chi connectivity index (χ1v) is 10.4. The van der Waals surface area contributed by atoms with Crippen LogP contribution in [0.1, 0.15) is 17.8 Å². The van der Waals surface area contributed by atoms with Gasteiger partial charge in [0.2, 0.25) is 5.91 Å². The molecule has 3 rings (SSSR count). The van der Waals surface area contributed by atoms with Crippen LogP contribution in [0, 0.1) is 11.8 Å². The molecule has 0 saturated carbocycles. The lowest BCUT2D eigenvalue weighted by atomic mass is 9.79. The molecular weight excluding hydrogens is 427 g/mol. The van der Waals surface area contributed by atoms with Gasteiger partial charge in [-0.1, -0.05) is 0 Å². The van der Waals surface area contributed by atoms with Crippen LogP contribution in [0.25, 0.3) is 0 Å². The molecule has 2 N–H and O–H groups in total. The first kappa shape index (κ1) is 24.5. The zero-order chi connectivity index (χ0) is 22.1. The predicted molar refractivity (Wildman–Crippen MR) is 102 cm³/mol. The highest BCUT2D eigenvalue weighted by Gasteiger charge is 2.41. The molecule has 1 aromatic rings. The van der Waals surface area contributed by atoms with E-state index in [9.17, 15) is 18.0 Å². The highest BCUT2D eigenvalue weighted by atomic mass is 32.1. The number of hydrogen-bond acceptors (Lipinski definition) is 7. The van der Waals surface area contributed by atoms with E-state index in [2.05, 4.69) is 15.2 Å². The van der Waals surface area contributed by atoms with Crippen molar-refractivity contribution in [3.63, 3.8) is 0 Å². The third kappa shape index (κ3) is 7.49. The first-order chi connectivity index (χ1) is 14.2. The number of hydrogen-bond donors (Lipinski definition) is 2. The second kappa shape index (κ2) is 11.6. The van der Waals surface area contributed by atoms with E-state index in [1.165, 1.54) is 0 Å². The minimum Gasteiger partial charge on any atom is -0.475 e. The van der Waals surface area contributed by atoms with Crippen LogP contribution in [0.5, 0.6) is 0 Å². The summed E-state index contributed by atoms with van der Waals surface area (Å²) >= 11 is 1.69. The van der Waals surface area contributed by atoms with Crippen molar-refractivity contribution >= 4 is 23.2 Å². The zero-order valence-corrected chi connectivity index (χ0v) is 17.4. The van der Waals surface area contributed by atoms with Gasteiger partial charge in [0, 0.05) is 56.8 Å². The molecule has 1 aromatic heterocycles. The van der Waals surface area contributed by atoms with E-state index in [1.807, 2.05) is 11.6 Å². The molecule has 3 atom stereocenters. The molecular formula is C18H26F3N3O5S. The molecule has 12 heteroatoms. The zero-order valence-electron chi connectivity index (χ0n) is 16.6. The van der Waals surface area contributed by atoms with Gasteiger partial charge in [0.05, 0.1) is 19.3 Å². The molecule has 0 unspecified atom stereocenters. The summed E-state index contributed by atoms with van der Waals surface area (Å²) in [5, 5.41) is 13.3. The minimum absolute atomic E-state index is 0.0460. The summed E-state index contributed by atoms with van der Waals surface area (Å²) in [5.74, 6) is -2.28. The molecule has 30 heavy (non-hydrogen) atoms. The fourth-order valence-electron chi connectivity index (χ4n) is 3.58. The average molecular weight is 453 g/mol. The van der Waals surface area contributed by atoms with E-state index in [-0.39, 0.29) is 23.8 Å². The second-order valence-corrected chi connectivity index (χ2v) is 7.98. The van der Waals surface area contributed by atoms with Gasteiger partial charge in [-0.2, -0.15) is 13.2 Å². The Morgan fingerprint density at radius 1 is 1.43 bits per heavy atom. The Balaban J connectivity index is 0.000000396. The number of aliphatic carboxylic acids is 1. The smallest absolute Gasteiger partial charge is 0.475 e. The Kier molecular flexibility index (Phi) is 9.46. The maximum atomic E-state index is 12.5. The van der Waals surface area contributed by atoms with Crippen LogP contribution in [0.15, 0.2) is 11.6 Å². The lowest BCUT2D eigenvalue weighted by molar-refractivity contribution is -0.192. The third-order valence-corrected chi connectivity index (χ3v) is 5.75. The lowest BCUT2D eigenvalue weighted by Gasteiger charge is -2.44. The second-order valence-electron chi connectivity index (χ2n) is 7.00. The van der Waals surface area contributed by atoms with Crippen molar-refractivity contribution in [2.45, 2.75) is 31.7 Å². The Morgan fingerprint density at radius 2 is 2.17 bits per heavy atom. The van der Waals surface area contributed by atoms with Gasteiger partial charge in [0.25, 0.3) is 0 Å². The number of amides is 1. The summed E-state index contributed by atoms with van der Waals surface area (Å²) in [6, 6.07) is 0. The van der Waals surface area contributed by atoms with Crippen molar-refractivity contribution < 1.29 is 37.3 Å². The number of ether oxygens (including phenoxy) is 2. The standard InChI is InChI=1S/C16H25N3O3S.C2HF3O2/c1-21-8-4-18-16(20)12-3-7-22-14-2-6-19(10-13(12)14)11-15-17-5-9-23-15;3-2(4,5)1(6)7/h5,9,12-14H,2-4,6-8,10-11H2,1H3,(H,18,20);(H,6,7)/t12-,13-,14-;/m1./s1. The van der Waals surface area contributed by atoms with Crippen LogP contribution in [0.4, 0.5) is 13.2 Å². The van der Waals surface area contributed by atoms with Crippen LogP contribution in [0.3, 0.4) is 0 Å². The van der Waals surface area contributed by atoms with E-state index in [1.54, 1.807) is 18.4 Å². The molecule has 8 nitrogen and oxygen atoms in total. The fraction of sp³-hybridized carbons (Fsp3) is 0.722. The molecule has 0 aromatic carbocycles. The SMILES string of the molecule is COCCNC(=O)[C@@H]1CCO[C@@H]2CCN(Cc3nccs3)C[C@@H]21.O=C(O)C(F)(F)F. The van der Waals surface area contributed by atoms with Gasteiger partial charge in [-0.25, -0.2) is 9.78 Å². The number of rotatable bonds is 6. The Bertz CT molecular complexity index is 675. The minimum atomic E-state index is -5.08. The fourth-order valence-corrected chi connectivity index (χ4v) is 4.24. The number of carbonyl (C=O) groups is 2. The van der Waals surface area contributed by atoms with Gasteiger partial charge in [-0.05, 0) is 12.8 Å². The van der Waals surface area contributed by atoms with Crippen molar-refractivity contribution in [1.29, 1.82) is 0 Å². The Hall–Kier alpha value is -1.76. The maximum Gasteiger partial charge on any atom is 0.490 e. The van der Waals surface area contributed by atoms with Crippen LogP contribution < -0.4 is 5.32 Å². The van der Waals surface area contributed by atoms with Crippen molar-refractivity contribution in [2.75, 3.05) is 40.0 Å². The number of carboxylic acids is 1. The highest BCUT2D eigenvalue weighted by molar-refractivity contribution is 7.09. The van der Waals surface area contributed by atoms with Gasteiger partial charge < -0.3 is 19.9 Å². The van der Waals surface area contributed by atoms with Crippen molar-refractivity contribution in [1.82, 2.24) is 15.2 Å². The predicted octanol–water partition coefficient (Wildman–Crippen LogP) is 1.77. The molecule has 0 bridgehead atoms. The van der Waals surface area contributed by atoms with Gasteiger partial charge in [-0.15, -0.1) is 11.3 Å². The molecule has 1 amide bonds. The van der Waals surface area contributed by atoms with Crippen molar-refractivity contribution in [3.8, 4) is 0 Å². The van der Waals surface area contributed by atoms with E-state index in [0.717, 1.165) is 37.5 Å². The third-order valence-electron chi connectivity index (χ3n) is 4.98. The quantitative estimate of drug-likeness (QED) is 0.633. The van der Waals surface area contributed by atoms with Crippen LogP contribution in [-0.2, 0) is 25.6 Å². The van der Waals surface area contributed by atoms with E-state index < -0.39 is 12.1 Å². The summed E-state index contributed by atoms with van der Waals surface area (Å²) in [7, 11) is 1.65.